The van der Waals surface area contributed by atoms with E-state index in [1.54, 1.807) is 6.92 Å². The lowest BCUT2D eigenvalue weighted by molar-refractivity contribution is -0.127. The van der Waals surface area contributed by atoms with E-state index in [9.17, 15) is 4.79 Å². The van der Waals surface area contributed by atoms with E-state index in [1.807, 2.05) is 38.1 Å². The van der Waals surface area contributed by atoms with Crippen LogP contribution in [-0.4, -0.2) is 25.2 Å². The molecule has 0 fully saturated rings. The molecule has 2 aromatic carbocycles. The second-order valence-electron chi connectivity index (χ2n) is 7.39. The standard InChI is InChI=1S/C24H33NO3/c1-6-27-22-12-8-7-10-20(22)11-9-15-25-24(26)19(5)28-23-16-18(4)13-14-21(23)17(2)3/h7-8,10,12-14,16-17,19H,6,9,11,15H2,1-5H3,(H,25,26)/t19-/m0/s1. The van der Waals surface area contributed by atoms with Gasteiger partial charge in [-0.15, -0.1) is 0 Å². The minimum Gasteiger partial charge on any atom is -0.494 e. The molecule has 0 saturated heterocycles. The zero-order chi connectivity index (χ0) is 20.5. The highest BCUT2D eigenvalue weighted by atomic mass is 16.5. The summed E-state index contributed by atoms with van der Waals surface area (Å²) in [7, 11) is 0. The van der Waals surface area contributed by atoms with Gasteiger partial charge in [-0.25, -0.2) is 0 Å². The largest absolute Gasteiger partial charge is 0.494 e. The fourth-order valence-electron chi connectivity index (χ4n) is 3.11. The Morgan fingerprint density at radius 2 is 1.82 bits per heavy atom. The number of aryl methyl sites for hydroxylation is 2. The molecule has 0 heterocycles. The van der Waals surface area contributed by atoms with Gasteiger partial charge in [-0.05, 0) is 68.4 Å². The summed E-state index contributed by atoms with van der Waals surface area (Å²) in [6.07, 6.45) is 1.18. The van der Waals surface area contributed by atoms with Crippen molar-refractivity contribution in [3.63, 3.8) is 0 Å². The lowest BCUT2D eigenvalue weighted by atomic mass is 10.0. The molecule has 1 N–H and O–H groups in total. The molecule has 4 heteroatoms. The Bertz CT molecular complexity index is 770. The molecular weight excluding hydrogens is 350 g/mol. The van der Waals surface area contributed by atoms with Crippen LogP contribution >= 0.6 is 0 Å². The van der Waals surface area contributed by atoms with Crippen molar-refractivity contribution in [1.82, 2.24) is 5.32 Å². The lowest BCUT2D eigenvalue weighted by Gasteiger charge is -2.19. The van der Waals surface area contributed by atoms with E-state index in [0.29, 0.717) is 19.1 Å². The van der Waals surface area contributed by atoms with Crippen LogP contribution in [0.1, 0.15) is 56.7 Å². The van der Waals surface area contributed by atoms with Gasteiger partial charge >= 0.3 is 0 Å². The first-order valence-corrected chi connectivity index (χ1v) is 10.2. The molecule has 0 radical (unpaired) electrons. The number of carbonyl (C=O) groups is 1. The van der Waals surface area contributed by atoms with E-state index < -0.39 is 6.10 Å². The van der Waals surface area contributed by atoms with Gasteiger partial charge in [0.25, 0.3) is 5.91 Å². The van der Waals surface area contributed by atoms with Gasteiger partial charge in [-0.2, -0.15) is 0 Å². The molecule has 4 nitrogen and oxygen atoms in total. The molecule has 0 aliphatic rings. The van der Waals surface area contributed by atoms with Gasteiger partial charge in [0.2, 0.25) is 0 Å². The van der Waals surface area contributed by atoms with Gasteiger partial charge < -0.3 is 14.8 Å². The van der Waals surface area contributed by atoms with Crippen molar-refractivity contribution >= 4 is 5.91 Å². The maximum absolute atomic E-state index is 12.4. The average molecular weight is 384 g/mol. The molecule has 152 valence electrons. The number of benzene rings is 2. The minimum absolute atomic E-state index is 0.0886. The Morgan fingerprint density at radius 3 is 2.54 bits per heavy atom. The van der Waals surface area contributed by atoms with Crippen LogP contribution in [0.2, 0.25) is 0 Å². The molecule has 0 aromatic heterocycles. The van der Waals surface area contributed by atoms with Crippen molar-refractivity contribution in [2.24, 2.45) is 0 Å². The fraction of sp³-hybridized carbons (Fsp3) is 0.458. The summed E-state index contributed by atoms with van der Waals surface area (Å²) < 4.78 is 11.6. The number of para-hydroxylation sites is 1. The monoisotopic (exact) mass is 383 g/mol. The predicted octanol–water partition coefficient (Wildman–Crippen LogP) is 5.03. The van der Waals surface area contributed by atoms with Crippen LogP contribution in [0.3, 0.4) is 0 Å². The average Bonchev–Trinajstić information content (AvgIpc) is 2.66. The number of carbonyl (C=O) groups excluding carboxylic acids is 1. The van der Waals surface area contributed by atoms with Crippen molar-refractivity contribution in [2.45, 2.75) is 59.5 Å². The smallest absolute Gasteiger partial charge is 0.260 e. The zero-order valence-electron chi connectivity index (χ0n) is 17.7. The molecule has 0 bridgehead atoms. The first kappa shape index (κ1) is 21.8. The Labute approximate surface area is 169 Å². The number of ether oxygens (including phenoxy) is 2. The number of rotatable bonds is 10. The van der Waals surface area contributed by atoms with E-state index in [0.717, 1.165) is 35.5 Å². The van der Waals surface area contributed by atoms with Crippen LogP contribution in [0.25, 0.3) is 0 Å². The van der Waals surface area contributed by atoms with Gasteiger partial charge in [-0.1, -0.05) is 44.2 Å². The van der Waals surface area contributed by atoms with Crippen LogP contribution in [-0.2, 0) is 11.2 Å². The fourth-order valence-corrected chi connectivity index (χ4v) is 3.11. The first-order chi connectivity index (χ1) is 13.4. The number of nitrogens with one attached hydrogen (secondary N) is 1. The molecule has 2 rings (SSSR count). The van der Waals surface area contributed by atoms with E-state index in [2.05, 4.69) is 37.4 Å². The third kappa shape index (κ3) is 6.29. The topological polar surface area (TPSA) is 47.6 Å². The molecule has 0 unspecified atom stereocenters. The molecule has 1 atom stereocenters. The summed E-state index contributed by atoms with van der Waals surface area (Å²) in [6, 6.07) is 14.2. The molecule has 1 amide bonds. The Hall–Kier alpha value is -2.49. The summed E-state index contributed by atoms with van der Waals surface area (Å²) in [5.41, 5.74) is 3.42. The third-order valence-corrected chi connectivity index (χ3v) is 4.66. The molecule has 0 aliphatic heterocycles. The number of hydrogen-bond donors (Lipinski definition) is 1. The van der Waals surface area contributed by atoms with Crippen molar-refractivity contribution in [3.8, 4) is 11.5 Å². The van der Waals surface area contributed by atoms with Crippen LogP contribution < -0.4 is 14.8 Å². The van der Waals surface area contributed by atoms with Crippen LogP contribution in [0.4, 0.5) is 0 Å². The number of amides is 1. The minimum atomic E-state index is -0.532. The molecule has 2 aromatic rings. The van der Waals surface area contributed by atoms with Crippen molar-refractivity contribution < 1.29 is 14.3 Å². The lowest BCUT2D eigenvalue weighted by Crippen LogP contribution is -2.37. The van der Waals surface area contributed by atoms with E-state index in [4.69, 9.17) is 9.47 Å². The van der Waals surface area contributed by atoms with E-state index in [-0.39, 0.29) is 5.91 Å². The summed E-state index contributed by atoms with van der Waals surface area (Å²) in [4.78, 5) is 12.4. The molecule has 28 heavy (non-hydrogen) atoms. The second kappa shape index (κ2) is 10.7. The maximum Gasteiger partial charge on any atom is 0.260 e. The van der Waals surface area contributed by atoms with Crippen molar-refractivity contribution in [1.29, 1.82) is 0 Å². The molecule has 0 saturated carbocycles. The summed E-state index contributed by atoms with van der Waals surface area (Å²) in [5, 5.41) is 2.98. The summed E-state index contributed by atoms with van der Waals surface area (Å²) in [5.74, 6) is 1.97. The first-order valence-electron chi connectivity index (χ1n) is 10.2. The molecular formula is C24H33NO3. The zero-order valence-corrected chi connectivity index (χ0v) is 17.7. The van der Waals surface area contributed by atoms with Crippen molar-refractivity contribution in [2.75, 3.05) is 13.2 Å². The maximum atomic E-state index is 12.4. The third-order valence-electron chi connectivity index (χ3n) is 4.66. The Kier molecular flexibility index (Phi) is 8.37. The van der Waals surface area contributed by atoms with Crippen LogP contribution in [0, 0.1) is 6.92 Å². The highest BCUT2D eigenvalue weighted by Gasteiger charge is 2.17. The summed E-state index contributed by atoms with van der Waals surface area (Å²) in [6.45, 7) is 11.3. The van der Waals surface area contributed by atoms with Gasteiger partial charge in [0, 0.05) is 6.54 Å². The molecule has 0 aliphatic carbocycles. The number of hydrogen-bond acceptors (Lipinski definition) is 3. The Morgan fingerprint density at radius 1 is 1.07 bits per heavy atom. The van der Waals surface area contributed by atoms with Gasteiger partial charge in [-0.3, -0.25) is 4.79 Å². The van der Waals surface area contributed by atoms with Crippen LogP contribution in [0.15, 0.2) is 42.5 Å². The van der Waals surface area contributed by atoms with E-state index in [1.165, 1.54) is 5.56 Å². The highest BCUT2D eigenvalue weighted by molar-refractivity contribution is 5.80. The van der Waals surface area contributed by atoms with Gasteiger partial charge in [0.15, 0.2) is 6.10 Å². The predicted molar refractivity (Wildman–Crippen MR) is 114 cm³/mol. The van der Waals surface area contributed by atoms with Gasteiger partial charge in [0.1, 0.15) is 11.5 Å². The highest BCUT2D eigenvalue weighted by Crippen LogP contribution is 2.28. The SMILES string of the molecule is CCOc1ccccc1CCCNC(=O)[C@H](C)Oc1cc(C)ccc1C(C)C. The quantitative estimate of drug-likeness (QED) is 0.585. The van der Waals surface area contributed by atoms with Crippen LogP contribution in [0.5, 0.6) is 11.5 Å². The van der Waals surface area contributed by atoms with E-state index >= 15 is 0 Å². The summed E-state index contributed by atoms with van der Waals surface area (Å²) >= 11 is 0. The van der Waals surface area contributed by atoms with Crippen molar-refractivity contribution in [3.05, 3.63) is 59.2 Å². The second-order valence-corrected chi connectivity index (χ2v) is 7.39. The normalized spacial score (nSPS) is 11.9. The molecule has 0 spiro atoms. The Balaban J connectivity index is 1.85. The van der Waals surface area contributed by atoms with Gasteiger partial charge in [0.05, 0.1) is 6.61 Å².